The summed E-state index contributed by atoms with van der Waals surface area (Å²) in [6, 6.07) is 4.98. The predicted octanol–water partition coefficient (Wildman–Crippen LogP) is 3.20. The largest absolute Gasteiger partial charge is 0.465 e. The molecule has 0 bridgehead atoms. The first-order valence-electron chi connectivity index (χ1n) is 5.20. The van der Waals surface area contributed by atoms with Gasteiger partial charge in [0.05, 0.1) is 35.4 Å². The summed E-state index contributed by atoms with van der Waals surface area (Å²) >= 11 is 7.61. The number of esters is 1. The molecule has 0 unspecified atom stereocenters. The van der Waals surface area contributed by atoms with Gasteiger partial charge in [0.2, 0.25) is 0 Å². The van der Waals surface area contributed by atoms with Gasteiger partial charge in [0.25, 0.3) is 0 Å². The summed E-state index contributed by atoms with van der Waals surface area (Å²) in [5, 5.41) is 3.73. The number of carbonyl (C=O) groups excluding carboxylic acids is 1. The first kappa shape index (κ1) is 12.9. The minimum atomic E-state index is -0.382. The number of hydrogen-bond donors (Lipinski definition) is 1. The highest BCUT2D eigenvalue weighted by Gasteiger charge is 2.08. The molecule has 0 saturated carbocycles. The minimum Gasteiger partial charge on any atom is -0.465 e. The van der Waals surface area contributed by atoms with Crippen LogP contribution < -0.4 is 5.32 Å². The van der Waals surface area contributed by atoms with E-state index in [-0.39, 0.29) is 5.97 Å². The van der Waals surface area contributed by atoms with Gasteiger partial charge in [0.1, 0.15) is 0 Å². The number of ether oxygens (including phenoxy) is 1. The SMILES string of the molecule is COC(=O)c1ccc(Cl)c(NCc2cncs2)c1. The molecule has 0 radical (unpaired) electrons. The van der Waals surface area contributed by atoms with Crippen LogP contribution in [0.5, 0.6) is 0 Å². The molecule has 6 heteroatoms. The average Bonchev–Trinajstić information content (AvgIpc) is 2.90. The minimum absolute atomic E-state index is 0.382. The number of benzene rings is 1. The molecule has 2 aromatic rings. The van der Waals surface area contributed by atoms with Crippen LogP contribution in [0.4, 0.5) is 5.69 Å². The Hall–Kier alpha value is -1.59. The van der Waals surface area contributed by atoms with Gasteiger partial charge >= 0.3 is 5.97 Å². The second-order valence-corrected chi connectivity index (χ2v) is 4.89. The Morgan fingerprint density at radius 1 is 1.56 bits per heavy atom. The molecule has 0 saturated heterocycles. The van der Waals surface area contributed by atoms with Crippen molar-refractivity contribution in [2.75, 3.05) is 12.4 Å². The molecule has 4 nitrogen and oxygen atoms in total. The maximum Gasteiger partial charge on any atom is 0.337 e. The van der Waals surface area contributed by atoms with E-state index in [1.54, 1.807) is 41.2 Å². The summed E-state index contributed by atoms with van der Waals surface area (Å²) in [4.78, 5) is 16.5. The van der Waals surface area contributed by atoms with E-state index in [1.807, 2.05) is 0 Å². The van der Waals surface area contributed by atoms with E-state index in [4.69, 9.17) is 11.6 Å². The Morgan fingerprint density at radius 3 is 3.06 bits per heavy atom. The number of hydrogen-bond acceptors (Lipinski definition) is 5. The van der Waals surface area contributed by atoms with Gasteiger partial charge in [0, 0.05) is 11.1 Å². The number of rotatable bonds is 4. The fourth-order valence-electron chi connectivity index (χ4n) is 1.42. The first-order chi connectivity index (χ1) is 8.70. The molecule has 0 aliphatic carbocycles. The second kappa shape index (κ2) is 5.84. The summed E-state index contributed by atoms with van der Waals surface area (Å²) in [6.45, 7) is 0.620. The summed E-state index contributed by atoms with van der Waals surface area (Å²) in [5.41, 5.74) is 2.94. The number of methoxy groups -OCH3 is 1. The normalized spacial score (nSPS) is 10.1. The number of halogens is 1. The van der Waals surface area contributed by atoms with E-state index in [0.717, 1.165) is 4.88 Å². The van der Waals surface area contributed by atoms with Gasteiger partial charge in [-0.15, -0.1) is 11.3 Å². The van der Waals surface area contributed by atoms with Crippen molar-refractivity contribution in [3.63, 3.8) is 0 Å². The Morgan fingerprint density at radius 2 is 2.39 bits per heavy atom. The third kappa shape index (κ3) is 3.00. The molecule has 0 aliphatic rings. The summed E-state index contributed by atoms with van der Waals surface area (Å²) in [7, 11) is 1.35. The van der Waals surface area contributed by atoms with Crippen LogP contribution in [0.1, 0.15) is 15.2 Å². The van der Waals surface area contributed by atoms with Crippen LogP contribution in [-0.2, 0) is 11.3 Å². The van der Waals surface area contributed by atoms with Crippen LogP contribution in [0.3, 0.4) is 0 Å². The number of aromatic nitrogens is 1. The van der Waals surface area contributed by atoms with Crippen molar-refractivity contribution in [3.8, 4) is 0 Å². The van der Waals surface area contributed by atoms with Gasteiger partial charge in [-0.1, -0.05) is 11.6 Å². The van der Waals surface area contributed by atoms with Gasteiger partial charge in [-0.05, 0) is 18.2 Å². The third-order valence-electron chi connectivity index (χ3n) is 2.32. The van der Waals surface area contributed by atoms with Gasteiger partial charge < -0.3 is 10.1 Å². The molecule has 0 atom stereocenters. The van der Waals surface area contributed by atoms with Crippen LogP contribution in [-0.4, -0.2) is 18.1 Å². The maximum atomic E-state index is 11.4. The molecule has 1 heterocycles. The zero-order chi connectivity index (χ0) is 13.0. The van der Waals surface area contributed by atoms with Crippen molar-refractivity contribution in [1.82, 2.24) is 4.98 Å². The fraction of sp³-hybridized carbons (Fsp3) is 0.167. The molecule has 0 spiro atoms. The van der Waals surface area contributed by atoms with Crippen molar-refractivity contribution < 1.29 is 9.53 Å². The van der Waals surface area contributed by atoms with Gasteiger partial charge in [-0.2, -0.15) is 0 Å². The van der Waals surface area contributed by atoms with Gasteiger partial charge in [-0.25, -0.2) is 4.79 Å². The average molecular weight is 283 g/mol. The number of thiazole rings is 1. The highest BCUT2D eigenvalue weighted by atomic mass is 35.5. The van der Waals surface area contributed by atoms with Crippen LogP contribution >= 0.6 is 22.9 Å². The second-order valence-electron chi connectivity index (χ2n) is 3.51. The molecule has 0 fully saturated rings. The lowest BCUT2D eigenvalue weighted by molar-refractivity contribution is 0.0601. The number of anilines is 1. The molecular weight excluding hydrogens is 272 g/mol. The fourth-order valence-corrected chi connectivity index (χ4v) is 2.14. The molecule has 1 N–H and O–H groups in total. The number of nitrogens with one attached hydrogen (secondary N) is 1. The lowest BCUT2D eigenvalue weighted by Gasteiger charge is -2.08. The molecular formula is C12H11ClN2O2S. The lowest BCUT2D eigenvalue weighted by Crippen LogP contribution is -2.04. The van der Waals surface area contributed by atoms with Gasteiger partial charge in [-0.3, -0.25) is 4.98 Å². The standard InChI is InChI=1S/C12H11ClN2O2S/c1-17-12(16)8-2-3-10(13)11(4-8)15-6-9-5-14-7-18-9/h2-5,7,15H,6H2,1H3. The topological polar surface area (TPSA) is 51.2 Å². The van der Waals surface area contributed by atoms with Crippen molar-refractivity contribution in [1.29, 1.82) is 0 Å². The number of carbonyl (C=O) groups is 1. The highest BCUT2D eigenvalue weighted by Crippen LogP contribution is 2.24. The Kier molecular flexibility index (Phi) is 4.17. The van der Waals surface area contributed by atoms with Crippen LogP contribution in [0.25, 0.3) is 0 Å². The van der Waals surface area contributed by atoms with E-state index in [0.29, 0.717) is 22.8 Å². The molecule has 18 heavy (non-hydrogen) atoms. The summed E-state index contributed by atoms with van der Waals surface area (Å²) in [5.74, 6) is -0.382. The Labute approximate surface area is 114 Å². The van der Waals surface area contributed by atoms with E-state index >= 15 is 0 Å². The smallest absolute Gasteiger partial charge is 0.337 e. The van der Waals surface area contributed by atoms with Crippen LogP contribution in [0.15, 0.2) is 29.9 Å². The number of nitrogens with zero attached hydrogens (tertiary/aromatic N) is 1. The molecule has 2 rings (SSSR count). The quantitative estimate of drug-likeness (QED) is 0.875. The molecule has 1 aromatic heterocycles. The lowest BCUT2D eigenvalue weighted by atomic mass is 10.2. The van der Waals surface area contributed by atoms with E-state index in [9.17, 15) is 4.79 Å². The highest BCUT2D eigenvalue weighted by molar-refractivity contribution is 7.09. The molecule has 0 aliphatic heterocycles. The Balaban J connectivity index is 2.13. The Bertz CT molecular complexity index is 543. The predicted molar refractivity (Wildman–Crippen MR) is 72.2 cm³/mol. The van der Waals surface area contributed by atoms with Crippen molar-refractivity contribution in [3.05, 3.63) is 45.4 Å². The van der Waals surface area contributed by atoms with Crippen LogP contribution in [0.2, 0.25) is 5.02 Å². The zero-order valence-electron chi connectivity index (χ0n) is 9.64. The van der Waals surface area contributed by atoms with Crippen molar-refractivity contribution in [2.24, 2.45) is 0 Å². The van der Waals surface area contributed by atoms with E-state index in [2.05, 4.69) is 15.0 Å². The summed E-state index contributed by atoms with van der Waals surface area (Å²) in [6.07, 6.45) is 1.79. The van der Waals surface area contributed by atoms with Gasteiger partial charge in [0.15, 0.2) is 0 Å². The van der Waals surface area contributed by atoms with Crippen molar-refractivity contribution in [2.45, 2.75) is 6.54 Å². The monoisotopic (exact) mass is 282 g/mol. The van der Waals surface area contributed by atoms with Crippen LogP contribution in [0, 0.1) is 0 Å². The van der Waals surface area contributed by atoms with E-state index < -0.39 is 0 Å². The van der Waals surface area contributed by atoms with E-state index in [1.165, 1.54) is 7.11 Å². The molecule has 94 valence electrons. The third-order valence-corrected chi connectivity index (χ3v) is 3.43. The van der Waals surface area contributed by atoms with Crippen molar-refractivity contribution >= 4 is 34.6 Å². The molecule has 0 amide bonds. The maximum absolute atomic E-state index is 11.4. The zero-order valence-corrected chi connectivity index (χ0v) is 11.2. The first-order valence-corrected chi connectivity index (χ1v) is 6.45. The molecule has 1 aromatic carbocycles. The summed E-state index contributed by atoms with van der Waals surface area (Å²) < 4.78 is 4.66.